The van der Waals surface area contributed by atoms with E-state index < -0.39 is 0 Å². The van der Waals surface area contributed by atoms with E-state index >= 15 is 0 Å². The van der Waals surface area contributed by atoms with Crippen molar-refractivity contribution in [2.75, 3.05) is 16.4 Å². The van der Waals surface area contributed by atoms with E-state index in [0.29, 0.717) is 27.0 Å². The quantitative estimate of drug-likeness (QED) is 0.439. The molecule has 0 atom stereocenters. The largest absolute Gasteiger partial charge is 0.324 e. The molecule has 0 spiro atoms. The van der Waals surface area contributed by atoms with Crippen molar-refractivity contribution < 1.29 is 9.59 Å². The van der Waals surface area contributed by atoms with Crippen LogP contribution in [0.2, 0.25) is 10.0 Å². The fourth-order valence-electron chi connectivity index (χ4n) is 2.63. The second kappa shape index (κ2) is 9.83. The third-order valence-corrected chi connectivity index (χ3v) is 5.89. The monoisotopic (exact) mass is 444 g/mol. The lowest BCUT2D eigenvalue weighted by atomic mass is 10.1. The van der Waals surface area contributed by atoms with Crippen molar-refractivity contribution in [2.24, 2.45) is 0 Å². The molecule has 148 valence electrons. The molecule has 0 unspecified atom stereocenters. The van der Waals surface area contributed by atoms with Crippen LogP contribution < -0.4 is 10.6 Å². The normalized spacial score (nSPS) is 10.4. The van der Waals surface area contributed by atoms with Crippen molar-refractivity contribution in [3.63, 3.8) is 0 Å². The third-order valence-electron chi connectivity index (χ3n) is 4.08. The van der Waals surface area contributed by atoms with Crippen LogP contribution in [0.1, 0.15) is 15.9 Å². The van der Waals surface area contributed by atoms with Crippen LogP contribution >= 0.6 is 35.0 Å². The van der Waals surface area contributed by atoms with Crippen LogP contribution in [0.3, 0.4) is 0 Å². The number of hydrogen-bond acceptors (Lipinski definition) is 3. The summed E-state index contributed by atoms with van der Waals surface area (Å²) in [6.45, 7) is 1.89. The first-order valence-corrected chi connectivity index (χ1v) is 10.5. The fraction of sp³-hybridized carbons (Fsp3) is 0.0909. The topological polar surface area (TPSA) is 58.2 Å². The number of carbonyl (C=O) groups is 2. The summed E-state index contributed by atoms with van der Waals surface area (Å²) in [4.78, 5) is 25.6. The molecule has 0 aromatic heterocycles. The van der Waals surface area contributed by atoms with Crippen LogP contribution in [0.15, 0.2) is 71.6 Å². The van der Waals surface area contributed by atoms with E-state index in [4.69, 9.17) is 23.2 Å². The van der Waals surface area contributed by atoms with Crippen molar-refractivity contribution in [1.82, 2.24) is 0 Å². The summed E-state index contributed by atoms with van der Waals surface area (Å²) in [5, 5.41) is 6.34. The van der Waals surface area contributed by atoms with E-state index in [1.165, 1.54) is 11.8 Å². The number of rotatable bonds is 6. The minimum atomic E-state index is -0.200. The lowest BCUT2D eigenvalue weighted by Gasteiger charge is -2.10. The van der Waals surface area contributed by atoms with Gasteiger partial charge in [0.1, 0.15) is 0 Å². The van der Waals surface area contributed by atoms with Crippen LogP contribution in [0, 0.1) is 6.92 Å². The van der Waals surface area contributed by atoms with Crippen LogP contribution in [0.5, 0.6) is 0 Å². The molecule has 0 saturated heterocycles. The second-order valence-corrected chi connectivity index (χ2v) is 8.07. The zero-order valence-electron chi connectivity index (χ0n) is 15.5. The maximum absolute atomic E-state index is 12.5. The number of nitrogens with one attached hydrogen (secondary N) is 2. The molecule has 7 heteroatoms. The van der Waals surface area contributed by atoms with Gasteiger partial charge in [-0.1, -0.05) is 53.5 Å². The Morgan fingerprint density at radius 3 is 2.48 bits per heavy atom. The van der Waals surface area contributed by atoms with Crippen LogP contribution in [-0.4, -0.2) is 17.6 Å². The number of hydrogen-bond donors (Lipinski definition) is 2. The molecule has 3 aromatic carbocycles. The van der Waals surface area contributed by atoms with Gasteiger partial charge in [-0.2, -0.15) is 0 Å². The summed E-state index contributed by atoms with van der Waals surface area (Å²) in [5.41, 5.74) is 2.68. The lowest BCUT2D eigenvalue weighted by Crippen LogP contribution is -2.14. The van der Waals surface area contributed by atoms with Gasteiger partial charge in [-0.15, -0.1) is 11.8 Å². The average Bonchev–Trinajstić information content (AvgIpc) is 2.70. The predicted octanol–water partition coefficient (Wildman–Crippen LogP) is 6.28. The SMILES string of the molecule is Cc1ccccc1C(=O)Nc1cccc(SCC(=O)Nc2cccc(Cl)c2Cl)c1. The van der Waals surface area contributed by atoms with Gasteiger partial charge in [-0.05, 0) is 48.9 Å². The Kier molecular flexibility index (Phi) is 7.20. The van der Waals surface area contributed by atoms with E-state index in [0.717, 1.165) is 10.5 Å². The van der Waals surface area contributed by atoms with Gasteiger partial charge in [0.15, 0.2) is 0 Å². The Morgan fingerprint density at radius 1 is 0.931 bits per heavy atom. The number of thioether (sulfide) groups is 1. The van der Waals surface area contributed by atoms with Gasteiger partial charge in [-0.25, -0.2) is 0 Å². The van der Waals surface area contributed by atoms with Crippen LogP contribution in [0.25, 0.3) is 0 Å². The van der Waals surface area contributed by atoms with E-state index in [1.807, 2.05) is 49.4 Å². The smallest absolute Gasteiger partial charge is 0.255 e. The molecule has 0 aliphatic carbocycles. The predicted molar refractivity (Wildman–Crippen MR) is 121 cm³/mol. The molecular formula is C22H18Cl2N2O2S. The Balaban J connectivity index is 1.60. The maximum atomic E-state index is 12.5. The molecule has 0 fully saturated rings. The van der Waals surface area contributed by atoms with Crippen molar-refractivity contribution in [1.29, 1.82) is 0 Å². The molecule has 2 N–H and O–H groups in total. The van der Waals surface area contributed by atoms with Gasteiger partial charge in [0, 0.05) is 16.1 Å². The van der Waals surface area contributed by atoms with Crippen molar-refractivity contribution >= 4 is 58.2 Å². The molecule has 3 rings (SSSR count). The third kappa shape index (κ3) is 5.76. The summed E-state index contributed by atoms with van der Waals surface area (Å²) in [7, 11) is 0. The van der Waals surface area contributed by atoms with E-state index in [-0.39, 0.29) is 17.6 Å². The highest BCUT2D eigenvalue weighted by Crippen LogP contribution is 2.30. The number of amides is 2. The second-order valence-electron chi connectivity index (χ2n) is 6.24. The lowest BCUT2D eigenvalue weighted by molar-refractivity contribution is -0.113. The van der Waals surface area contributed by atoms with E-state index in [2.05, 4.69) is 10.6 Å². The first kappa shape index (κ1) is 21.2. The maximum Gasteiger partial charge on any atom is 0.255 e. The number of anilines is 2. The number of benzene rings is 3. The highest BCUT2D eigenvalue weighted by atomic mass is 35.5. The zero-order chi connectivity index (χ0) is 20.8. The minimum Gasteiger partial charge on any atom is -0.324 e. The molecule has 0 radical (unpaired) electrons. The molecule has 0 heterocycles. The van der Waals surface area contributed by atoms with Crippen molar-refractivity contribution in [2.45, 2.75) is 11.8 Å². The Labute approximate surface area is 183 Å². The van der Waals surface area contributed by atoms with E-state index in [1.54, 1.807) is 24.3 Å². The molecule has 4 nitrogen and oxygen atoms in total. The standard InChI is InChI=1S/C22H18Cl2N2O2S/c1-14-6-2-3-9-17(14)22(28)25-15-7-4-8-16(12-15)29-13-20(27)26-19-11-5-10-18(23)21(19)24/h2-12H,13H2,1H3,(H,25,28)(H,26,27). The Bertz CT molecular complexity index is 1060. The van der Waals surface area contributed by atoms with Gasteiger partial charge in [0.05, 0.1) is 21.5 Å². The minimum absolute atomic E-state index is 0.168. The van der Waals surface area contributed by atoms with Gasteiger partial charge < -0.3 is 10.6 Å². The fourth-order valence-corrected chi connectivity index (χ4v) is 3.73. The molecule has 29 heavy (non-hydrogen) atoms. The molecule has 0 aliphatic rings. The summed E-state index contributed by atoms with van der Waals surface area (Å²) in [6.07, 6.45) is 0. The van der Waals surface area contributed by atoms with Crippen molar-refractivity contribution in [3.05, 3.63) is 87.9 Å². The number of aryl methyl sites for hydroxylation is 1. The first-order valence-electron chi connectivity index (χ1n) is 8.78. The first-order chi connectivity index (χ1) is 13.9. The molecule has 0 bridgehead atoms. The molecular weight excluding hydrogens is 427 g/mol. The van der Waals surface area contributed by atoms with Gasteiger partial charge in [-0.3, -0.25) is 9.59 Å². The summed E-state index contributed by atoms with van der Waals surface area (Å²) in [6, 6.07) is 19.8. The summed E-state index contributed by atoms with van der Waals surface area (Å²) < 4.78 is 0. The summed E-state index contributed by atoms with van der Waals surface area (Å²) in [5.74, 6) is -0.176. The average molecular weight is 445 g/mol. The highest BCUT2D eigenvalue weighted by Gasteiger charge is 2.11. The summed E-state index contributed by atoms with van der Waals surface area (Å²) >= 11 is 13.4. The van der Waals surface area contributed by atoms with Crippen LogP contribution in [-0.2, 0) is 4.79 Å². The highest BCUT2D eigenvalue weighted by molar-refractivity contribution is 8.00. The number of halogens is 2. The molecule has 0 saturated carbocycles. The Morgan fingerprint density at radius 2 is 1.69 bits per heavy atom. The van der Waals surface area contributed by atoms with Crippen molar-refractivity contribution in [3.8, 4) is 0 Å². The van der Waals surface area contributed by atoms with Crippen LogP contribution in [0.4, 0.5) is 11.4 Å². The van der Waals surface area contributed by atoms with E-state index in [9.17, 15) is 9.59 Å². The molecule has 3 aromatic rings. The van der Waals surface area contributed by atoms with Gasteiger partial charge in [0.25, 0.3) is 5.91 Å². The molecule has 2 amide bonds. The zero-order valence-corrected chi connectivity index (χ0v) is 17.9. The van der Waals surface area contributed by atoms with Gasteiger partial charge >= 0.3 is 0 Å². The Hall–Kier alpha value is -2.47. The van der Waals surface area contributed by atoms with Gasteiger partial charge in [0.2, 0.25) is 5.91 Å². The molecule has 0 aliphatic heterocycles. The number of carbonyl (C=O) groups excluding carboxylic acids is 2.